The molecule has 0 amide bonds. The molecule has 2 heterocycles. The van der Waals surface area contributed by atoms with E-state index in [0.29, 0.717) is 5.69 Å². The molecule has 60 valence electrons. The number of nitrogens with zero attached hydrogens (tertiary/aromatic N) is 1. The minimum absolute atomic E-state index is 0.150. The van der Waals surface area contributed by atoms with Gasteiger partial charge in [-0.2, -0.15) is 5.10 Å². The second-order valence-electron chi connectivity index (χ2n) is 2.74. The van der Waals surface area contributed by atoms with Crippen molar-refractivity contribution < 1.29 is 4.74 Å². The molecule has 0 bridgehead atoms. The van der Waals surface area contributed by atoms with Gasteiger partial charge in [0, 0.05) is 6.61 Å². The van der Waals surface area contributed by atoms with Crippen molar-refractivity contribution in [3.05, 3.63) is 11.9 Å². The normalized spacial score (nSPS) is 24.2. The van der Waals surface area contributed by atoms with Gasteiger partial charge in [0.25, 0.3) is 0 Å². The Hall–Kier alpha value is -1.03. The zero-order valence-electron chi connectivity index (χ0n) is 6.21. The number of H-pyrrole nitrogens is 1. The van der Waals surface area contributed by atoms with Crippen molar-refractivity contribution in [3.8, 4) is 0 Å². The SMILES string of the molecule is Nc1cn[nH]c1C1CCCO1. The zero-order valence-corrected chi connectivity index (χ0v) is 6.21. The van der Waals surface area contributed by atoms with E-state index < -0.39 is 0 Å². The van der Waals surface area contributed by atoms with Crippen LogP contribution in [0, 0.1) is 0 Å². The summed E-state index contributed by atoms with van der Waals surface area (Å²) in [7, 11) is 0. The molecule has 1 fully saturated rings. The highest BCUT2D eigenvalue weighted by Crippen LogP contribution is 2.29. The van der Waals surface area contributed by atoms with Crippen molar-refractivity contribution in [3.63, 3.8) is 0 Å². The van der Waals surface area contributed by atoms with Crippen molar-refractivity contribution >= 4 is 5.69 Å². The molecule has 0 spiro atoms. The van der Waals surface area contributed by atoms with Crippen molar-refractivity contribution in [1.29, 1.82) is 0 Å². The van der Waals surface area contributed by atoms with E-state index in [-0.39, 0.29) is 6.10 Å². The highest BCUT2D eigenvalue weighted by atomic mass is 16.5. The lowest BCUT2D eigenvalue weighted by Gasteiger charge is -2.06. The Morgan fingerprint density at radius 1 is 1.73 bits per heavy atom. The van der Waals surface area contributed by atoms with Crippen LogP contribution < -0.4 is 5.73 Å². The van der Waals surface area contributed by atoms with Crippen LogP contribution in [0.4, 0.5) is 5.69 Å². The third-order valence-electron chi connectivity index (χ3n) is 1.95. The van der Waals surface area contributed by atoms with Crippen LogP contribution in [0.25, 0.3) is 0 Å². The van der Waals surface area contributed by atoms with Crippen LogP contribution in [-0.4, -0.2) is 16.8 Å². The summed E-state index contributed by atoms with van der Waals surface area (Å²) in [5, 5.41) is 6.68. The Balaban J connectivity index is 2.21. The van der Waals surface area contributed by atoms with E-state index in [9.17, 15) is 0 Å². The molecule has 2 rings (SSSR count). The first-order chi connectivity index (χ1) is 5.38. The van der Waals surface area contributed by atoms with Gasteiger partial charge in [0.2, 0.25) is 0 Å². The Morgan fingerprint density at radius 3 is 3.18 bits per heavy atom. The Labute approximate surface area is 64.7 Å². The predicted molar refractivity (Wildman–Crippen MR) is 40.9 cm³/mol. The van der Waals surface area contributed by atoms with E-state index in [0.717, 1.165) is 25.1 Å². The first-order valence-electron chi connectivity index (χ1n) is 3.78. The smallest absolute Gasteiger partial charge is 0.101 e. The van der Waals surface area contributed by atoms with E-state index in [1.54, 1.807) is 6.20 Å². The molecule has 4 nitrogen and oxygen atoms in total. The van der Waals surface area contributed by atoms with Crippen molar-refractivity contribution in [2.24, 2.45) is 0 Å². The standard InChI is InChI=1S/C7H11N3O/c8-5-4-9-10-7(5)6-2-1-3-11-6/h4,6H,1-3,8H2,(H,9,10). The lowest BCUT2D eigenvalue weighted by molar-refractivity contribution is 0.109. The number of hydrogen-bond donors (Lipinski definition) is 2. The average Bonchev–Trinajstić information content (AvgIpc) is 2.55. The van der Waals surface area contributed by atoms with Gasteiger partial charge in [-0.3, -0.25) is 5.10 Å². The summed E-state index contributed by atoms with van der Waals surface area (Å²) in [5.74, 6) is 0. The topological polar surface area (TPSA) is 63.9 Å². The molecule has 1 atom stereocenters. The summed E-state index contributed by atoms with van der Waals surface area (Å²) in [6, 6.07) is 0. The fraction of sp³-hybridized carbons (Fsp3) is 0.571. The van der Waals surface area contributed by atoms with Crippen LogP contribution in [0.1, 0.15) is 24.6 Å². The predicted octanol–water partition coefficient (Wildman–Crippen LogP) is 0.843. The van der Waals surface area contributed by atoms with E-state index >= 15 is 0 Å². The van der Waals surface area contributed by atoms with Gasteiger partial charge in [-0.25, -0.2) is 0 Å². The maximum Gasteiger partial charge on any atom is 0.101 e. The van der Waals surface area contributed by atoms with E-state index in [1.807, 2.05) is 0 Å². The van der Waals surface area contributed by atoms with Crippen molar-refractivity contribution in [2.45, 2.75) is 18.9 Å². The van der Waals surface area contributed by atoms with Gasteiger partial charge in [-0.1, -0.05) is 0 Å². The zero-order chi connectivity index (χ0) is 7.68. The molecule has 1 saturated heterocycles. The second-order valence-corrected chi connectivity index (χ2v) is 2.74. The lowest BCUT2D eigenvalue weighted by Crippen LogP contribution is -1.99. The molecule has 4 heteroatoms. The quantitative estimate of drug-likeness (QED) is 0.628. The van der Waals surface area contributed by atoms with E-state index in [1.165, 1.54) is 0 Å². The molecule has 3 N–H and O–H groups in total. The number of rotatable bonds is 1. The molecule has 1 aliphatic heterocycles. The van der Waals surface area contributed by atoms with Crippen LogP contribution in [0.3, 0.4) is 0 Å². The molecule has 0 aliphatic carbocycles. The Bertz CT molecular complexity index is 240. The van der Waals surface area contributed by atoms with Crippen LogP contribution >= 0.6 is 0 Å². The molecule has 0 radical (unpaired) electrons. The van der Waals surface area contributed by atoms with Gasteiger partial charge < -0.3 is 10.5 Å². The minimum atomic E-state index is 0.150. The summed E-state index contributed by atoms with van der Waals surface area (Å²) in [6.45, 7) is 0.836. The summed E-state index contributed by atoms with van der Waals surface area (Å²) in [4.78, 5) is 0. The van der Waals surface area contributed by atoms with Gasteiger partial charge >= 0.3 is 0 Å². The molecular weight excluding hydrogens is 142 g/mol. The monoisotopic (exact) mass is 153 g/mol. The summed E-state index contributed by atoms with van der Waals surface area (Å²) in [5.41, 5.74) is 7.28. The molecule has 1 aromatic rings. The highest BCUT2D eigenvalue weighted by molar-refractivity contribution is 5.41. The first kappa shape index (κ1) is 6.67. The second kappa shape index (κ2) is 2.54. The van der Waals surface area contributed by atoms with E-state index in [4.69, 9.17) is 10.5 Å². The number of ether oxygens (including phenoxy) is 1. The average molecular weight is 153 g/mol. The number of hydrogen-bond acceptors (Lipinski definition) is 3. The fourth-order valence-electron chi connectivity index (χ4n) is 1.37. The number of nitrogens with one attached hydrogen (secondary N) is 1. The van der Waals surface area contributed by atoms with Crippen LogP contribution in [0.2, 0.25) is 0 Å². The number of anilines is 1. The molecule has 11 heavy (non-hydrogen) atoms. The molecule has 0 saturated carbocycles. The largest absolute Gasteiger partial charge is 0.396 e. The number of aromatic nitrogens is 2. The van der Waals surface area contributed by atoms with Crippen LogP contribution in [0.15, 0.2) is 6.20 Å². The summed E-state index contributed by atoms with van der Waals surface area (Å²) in [6.07, 6.45) is 3.93. The van der Waals surface area contributed by atoms with Crippen LogP contribution in [0.5, 0.6) is 0 Å². The number of nitrogens with two attached hydrogens (primary N) is 1. The Kier molecular flexibility index (Phi) is 1.54. The van der Waals surface area contributed by atoms with Gasteiger partial charge in [0.05, 0.1) is 17.6 Å². The van der Waals surface area contributed by atoms with Crippen molar-refractivity contribution in [2.75, 3.05) is 12.3 Å². The molecule has 1 unspecified atom stereocenters. The van der Waals surface area contributed by atoms with Crippen molar-refractivity contribution in [1.82, 2.24) is 10.2 Å². The molecular formula is C7H11N3O. The van der Waals surface area contributed by atoms with Gasteiger partial charge in [0.1, 0.15) is 6.10 Å². The number of nitrogen functional groups attached to an aromatic ring is 1. The third kappa shape index (κ3) is 1.09. The van der Waals surface area contributed by atoms with Crippen LogP contribution in [-0.2, 0) is 4.74 Å². The molecule has 1 aromatic heterocycles. The maximum atomic E-state index is 5.65. The summed E-state index contributed by atoms with van der Waals surface area (Å²) >= 11 is 0. The first-order valence-corrected chi connectivity index (χ1v) is 3.78. The lowest BCUT2D eigenvalue weighted by atomic mass is 10.2. The summed E-state index contributed by atoms with van der Waals surface area (Å²) < 4.78 is 5.43. The molecule has 1 aliphatic rings. The Morgan fingerprint density at radius 2 is 2.64 bits per heavy atom. The van der Waals surface area contributed by atoms with Gasteiger partial charge in [-0.15, -0.1) is 0 Å². The fourth-order valence-corrected chi connectivity index (χ4v) is 1.37. The number of aromatic amines is 1. The molecule has 0 aromatic carbocycles. The van der Waals surface area contributed by atoms with Gasteiger partial charge in [-0.05, 0) is 12.8 Å². The minimum Gasteiger partial charge on any atom is -0.396 e. The van der Waals surface area contributed by atoms with Gasteiger partial charge in [0.15, 0.2) is 0 Å². The highest BCUT2D eigenvalue weighted by Gasteiger charge is 2.20. The maximum absolute atomic E-state index is 5.65. The third-order valence-corrected chi connectivity index (χ3v) is 1.95. The van der Waals surface area contributed by atoms with E-state index in [2.05, 4.69) is 10.2 Å².